The Kier molecular flexibility index (Phi) is 4.74. The number of hydrogen-bond acceptors (Lipinski definition) is 5. The van der Waals surface area contributed by atoms with Crippen LogP contribution in [0.25, 0.3) is 0 Å². The molecule has 2 aromatic rings. The number of benzene rings is 1. The van der Waals surface area contributed by atoms with Crippen molar-refractivity contribution in [2.24, 2.45) is 5.73 Å². The van der Waals surface area contributed by atoms with E-state index in [0.29, 0.717) is 24.6 Å². The van der Waals surface area contributed by atoms with Crippen molar-refractivity contribution in [3.8, 4) is 0 Å². The van der Waals surface area contributed by atoms with Gasteiger partial charge < -0.3 is 10.6 Å². The summed E-state index contributed by atoms with van der Waals surface area (Å²) in [5.74, 6) is 0.338. The van der Waals surface area contributed by atoms with Gasteiger partial charge >= 0.3 is 0 Å². The largest absolute Gasteiger partial charge is 0.340 e. The zero-order valence-electron chi connectivity index (χ0n) is 14.5. The highest BCUT2D eigenvalue weighted by Gasteiger charge is 2.34. The molecule has 0 bridgehead atoms. The number of carbonyl (C=O) groups excluding carboxylic acids is 2. The van der Waals surface area contributed by atoms with Gasteiger partial charge in [-0.3, -0.25) is 14.5 Å². The van der Waals surface area contributed by atoms with E-state index in [-0.39, 0.29) is 30.2 Å². The maximum atomic E-state index is 12.7. The van der Waals surface area contributed by atoms with E-state index >= 15 is 0 Å². The molecule has 3 heterocycles. The van der Waals surface area contributed by atoms with Crippen molar-refractivity contribution in [1.82, 2.24) is 9.88 Å². The third kappa shape index (κ3) is 3.37. The van der Waals surface area contributed by atoms with Crippen LogP contribution in [0, 0.1) is 0 Å². The second-order valence-electron chi connectivity index (χ2n) is 6.93. The number of amides is 2. The van der Waals surface area contributed by atoms with Crippen LogP contribution in [0.4, 0.5) is 5.13 Å². The Balaban J connectivity index is 1.40. The van der Waals surface area contributed by atoms with Crippen molar-refractivity contribution < 1.29 is 9.59 Å². The van der Waals surface area contributed by atoms with Crippen LogP contribution in [-0.2, 0) is 16.0 Å². The van der Waals surface area contributed by atoms with Gasteiger partial charge in [0.05, 0.1) is 12.1 Å². The molecule has 2 aliphatic rings. The van der Waals surface area contributed by atoms with E-state index in [0.717, 1.165) is 18.7 Å². The summed E-state index contributed by atoms with van der Waals surface area (Å²) in [5.41, 5.74) is 8.19. The van der Waals surface area contributed by atoms with Gasteiger partial charge in [0.15, 0.2) is 5.13 Å². The Bertz CT molecular complexity index is 807. The first-order chi connectivity index (χ1) is 12.6. The molecular weight excluding hydrogens is 348 g/mol. The van der Waals surface area contributed by atoms with Crippen molar-refractivity contribution in [3.05, 3.63) is 47.0 Å². The summed E-state index contributed by atoms with van der Waals surface area (Å²) in [7, 11) is 0. The Morgan fingerprint density at radius 3 is 2.81 bits per heavy atom. The van der Waals surface area contributed by atoms with Crippen LogP contribution in [-0.4, -0.2) is 47.4 Å². The summed E-state index contributed by atoms with van der Waals surface area (Å²) < 4.78 is 0. The number of carbonyl (C=O) groups is 2. The fraction of sp³-hybridized carbons (Fsp3) is 0.421. The second kappa shape index (κ2) is 7.17. The molecule has 2 amide bonds. The lowest BCUT2D eigenvalue weighted by molar-refractivity contribution is -0.129. The molecule has 1 aromatic carbocycles. The fourth-order valence-corrected chi connectivity index (χ4v) is 4.57. The van der Waals surface area contributed by atoms with E-state index in [4.69, 9.17) is 5.73 Å². The minimum Gasteiger partial charge on any atom is -0.340 e. The summed E-state index contributed by atoms with van der Waals surface area (Å²) in [6.07, 6.45) is 1.71. The molecule has 0 spiro atoms. The van der Waals surface area contributed by atoms with Crippen molar-refractivity contribution in [3.63, 3.8) is 0 Å². The van der Waals surface area contributed by atoms with Crippen molar-refractivity contribution >= 4 is 28.3 Å². The number of anilines is 1. The lowest BCUT2D eigenvalue weighted by Gasteiger charge is -2.16. The minimum absolute atomic E-state index is 0.0449. The van der Waals surface area contributed by atoms with Crippen LogP contribution in [0.15, 0.2) is 35.7 Å². The minimum atomic E-state index is -0.0467. The van der Waals surface area contributed by atoms with E-state index in [9.17, 15) is 9.59 Å². The highest BCUT2D eigenvalue weighted by Crippen LogP contribution is 2.28. The van der Waals surface area contributed by atoms with Gasteiger partial charge in [0.25, 0.3) is 0 Å². The first-order valence-electron chi connectivity index (χ1n) is 8.95. The van der Waals surface area contributed by atoms with Gasteiger partial charge in [-0.2, -0.15) is 0 Å². The second-order valence-corrected chi connectivity index (χ2v) is 7.76. The molecule has 0 unspecified atom stereocenters. The molecule has 2 fully saturated rings. The molecule has 136 valence electrons. The van der Waals surface area contributed by atoms with E-state index in [1.807, 2.05) is 28.5 Å². The number of thiazole rings is 1. The number of likely N-dealkylation sites (tertiary alicyclic amines) is 1. The molecule has 1 aromatic heterocycles. The predicted molar refractivity (Wildman–Crippen MR) is 101 cm³/mol. The van der Waals surface area contributed by atoms with Gasteiger partial charge in [-0.25, -0.2) is 4.98 Å². The summed E-state index contributed by atoms with van der Waals surface area (Å²) in [6.45, 7) is 1.94. The molecule has 0 saturated carbocycles. The first kappa shape index (κ1) is 17.2. The standard InChI is InChI=1S/C19H22N4O2S/c20-16-11-22(10-15(16)13-5-2-1-3-6-13)18(25)9-14-12-26-19(21-14)23-8-4-7-17(23)24/h1-3,5-6,12,15-16H,4,7-11,20H2/t15-,16+/m0/s1. The molecule has 2 atom stereocenters. The van der Waals surface area contributed by atoms with Gasteiger partial charge in [0.2, 0.25) is 11.8 Å². The Morgan fingerprint density at radius 2 is 2.08 bits per heavy atom. The molecule has 0 aliphatic carbocycles. The van der Waals surface area contributed by atoms with Gasteiger partial charge in [-0.1, -0.05) is 30.3 Å². The monoisotopic (exact) mass is 370 g/mol. The van der Waals surface area contributed by atoms with Crippen LogP contribution in [0.5, 0.6) is 0 Å². The quantitative estimate of drug-likeness (QED) is 0.889. The molecular formula is C19H22N4O2S. The number of rotatable bonds is 4. The number of aromatic nitrogens is 1. The van der Waals surface area contributed by atoms with Crippen molar-refractivity contribution in [2.75, 3.05) is 24.5 Å². The molecule has 6 nitrogen and oxygen atoms in total. The third-order valence-corrected chi connectivity index (χ3v) is 6.03. The number of nitrogens with two attached hydrogens (primary N) is 1. The molecule has 2 saturated heterocycles. The maximum Gasteiger partial charge on any atom is 0.228 e. The highest BCUT2D eigenvalue weighted by molar-refractivity contribution is 7.14. The van der Waals surface area contributed by atoms with Gasteiger partial charge in [0, 0.05) is 43.4 Å². The van der Waals surface area contributed by atoms with Crippen molar-refractivity contribution in [2.45, 2.75) is 31.2 Å². The number of hydrogen-bond donors (Lipinski definition) is 1. The average molecular weight is 370 g/mol. The zero-order valence-corrected chi connectivity index (χ0v) is 15.3. The summed E-state index contributed by atoms with van der Waals surface area (Å²) >= 11 is 1.43. The fourth-order valence-electron chi connectivity index (χ4n) is 3.70. The molecule has 2 aliphatic heterocycles. The third-order valence-electron chi connectivity index (χ3n) is 5.12. The Hall–Kier alpha value is -2.25. The summed E-state index contributed by atoms with van der Waals surface area (Å²) in [4.78, 5) is 32.6. The van der Waals surface area contributed by atoms with Gasteiger partial charge in [-0.15, -0.1) is 11.3 Å². The lowest BCUT2D eigenvalue weighted by atomic mass is 9.95. The van der Waals surface area contributed by atoms with Gasteiger partial charge in [0.1, 0.15) is 0 Å². The van der Waals surface area contributed by atoms with Gasteiger partial charge in [-0.05, 0) is 12.0 Å². The van der Waals surface area contributed by atoms with E-state index in [2.05, 4.69) is 17.1 Å². The predicted octanol–water partition coefficient (Wildman–Crippen LogP) is 1.77. The smallest absolute Gasteiger partial charge is 0.228 e. The molecule has 26 heavy (non-hydrogen) atoms. The Morgan fingerprint density at radius 1 is 1.27 bits per heavy atom. The summed E-state index contributed by atoms with van der Waals surface area (Å²) in [6, 6.07) is 10.1. The van der Waals surface area contributed by atoms with E-state index in [1.54, 1.807) is 4.90 Å². The molecule has 0 radical (unpaired) electrons. The molecule has 7 heteroatoms. The van der Waals surface area contributed by atoms with Crippen LogP contribution >= 0.6 is 11.3 Å². The van der Waals surface area contributed by atoms with Crippen LogP contribution in [0.2, 0.25) is 0 Å². The SMILES string of the molecule is N[C@@H]1CN(C(=O)Cc2csc(N3CCCC3=O)n2)C[C@H]1c1ccccc1. The average Bonchev–Trinajstić information content (AvgIpc) is 3.35. The first-order valence-corrected chi connectivity index (χ1v) is 9.83. The number of nitrogens with zero attached hydrogens (tertiary/aromatic N) is 3. The summed E-state index contributed by atoms with van der Waals surface area (Å²) in [5, 5.41) is 2.58. The van der Waals surface area contributed by atoms with E-state index < -0.39 is 0 Å². The Labute approximate surface area is 156 Å². The van der Waals surface area contributed by atoms with E-state index in [1.165, 1.54) is 16.9 Å². The normalized spacial score (nSPS) is 23.0. The van der Waals surface area contributed by atoms with Crippen LogP contribution in [0.1, 0.15) is 30.0 Å². The zero-order chi connectivity index (χ0) is 18.1. The van der Waals surface area contributed by atoms with Crippen molar-refractivity contribution in [1.29, 1.82) is 0 Å². The molecule has 2 N–H and O–H groups in total. The lowest BCUT2D eigenvalue weighted by Crippen LogP contribution is -2.33. The maximum absolute atomic E-state index is 12.7. The highest BCUT2D eigenvalue weighted by atomic mass is 32.1. The molecule has 4 rings (SSSR count). The topological polar surface area (TPSA) is 79.5 Å². The van der Waals surface area contributed by atoms with Crippen LogP contribution < -0.4 is 10.6 Å². The van der Waals surface area contributed by atoms with Crippen LogP contribution in [0.3, 0.4) is 0 Å².